The monoisotopic (exact) mass is 407 g/mol. The lowest BCUT2D eigenvalue weighted by atomic mass is 10.0. The number of nitrogen functional groups attached to an aromatic ring is 1. The Morgan fingerprint density at radius 1 is 1.17 bits per heavy atom. The van der Waals surface area contributed by atoms with E-state index in [1.54, 1.807) is 0 Å². The topological polar surface area (TPSA) is 67.6 Å². The number of likely N-dealkylation sites (tertiary alicyclic amines) is 1. The zero-order valence-electron chi connectivity index (χ0n) is 18.3. The quantitative estimate of drug-likeness (QED) is 0.684. The number of hydrogen-bond acceptors (Lipinski definition) is 4. The van der Waals surface area contributed by atoms with Gasteiger partial charge in [0, 0.05) is 31.4 Å². The highest BCUT2D eigenvalue weighted by Crippen LogP contribution is 2.29. The fourth-order valence-electron chi connectivity index (χ4n) is 3.79. The second kappa shape index (κ2) is 10.3. The summed E-state index contributed by atoms with van der Waals surface area (Å²) < 4.78 is 5.79. The van der Waals surface area contributed by atoms with Gasteiger partial charge >= 0.3 is 0 Å². The Labute approximate surface area is 179 Å². The molecule has 0 spiro atoms. The summed E-state index contributed by atoms with van der Waals surface area (Å²) in [5.74, 6) is 0.665. The van der Waals surface area contributed by atoms with Gasteiger partial charge in [-0.1, -0.05) is 42.5 Å². The number of nitrogens with one attached hydrogen (secondary N) is 1. The SMILES string of the molecule is Cc1cc(OCC(=O)NC2CCN(C/C=C/c3ccccc3)CC2)c(C)c(C)c1N. The Hall–Kier alpha value is -2.79. The van der Waals surface area contributed by atoms with Crippen LogP contribution in [0, 0.1) is 20.8 Å². The molecule has 0 aliphatic carbocycles. The van der Waals surface area contributed by atoms with Gasteiger partial charge in [0.25, 0.3) is 5.91 Å². The largest absolute Gasteiger partial charge is 0.483 e. The van der Waals surface area contributed by atoms with E-state index >= 15 is 0 Å². The summed E-state index contributed by atoms with van der Waals surface area (Å²) in [5.41, 5.74) is 11.0. The molecule has 3 N–H and O–H groups in total. The summed E-state index contributed by atoms with van der Waals surface area (Å²) in [4.78, 5) is 14.8. The molecule has 3 rings (SSSR count). The first-order chi connectivity index (χ1) is 14.4. The number of hydrogen-bond donors (Lipinski definition) is 2. The Kier molecular flexibility index (Phi) is 7.52. The summed E-state index contributed by atoms with van der Waals surface area (Å²) in [6.07, 6.45) is 6.29. The van der Waals surface area contributed by atoms with Gasteiger partial charge < -0.3 is 15.8 Å². The molecule has 0 unspecified atom stereocenters. The van der Waals surface area contributed by atoms with Crippen molar-refractivity contribution in [2.75, 3.05) is 32.0 Å². The van der Waals surface area contributed by atoms with Crippen molar-refractivity contribution < 1.29 is 9.53 Å². The van der Waals surface area contributed by atoms with Gasteiger partial charge in [-0.2, -0.15) is 0 Å². The van der Waals surface area contributed by atoms with E-state index in [0.29, 0.717) is 0 Å². The molecule has 2 aromatic carbocycles. The fraction of sp³-hybridized carbons (Fsp3) is 0.400. The molecule has 160 valence electrons. The molecule has 0 atom stereocenters. The minimum Gasteiger partial charge on any atom is -0.483 e. The number of amides is 1. The molecule has 5 heteroatoms. The molecule has 1 aliphatic rings. The minimum absolute atomic E-state index is 0.0314. The van der Waals surface area contributed by atoms with E-state index in [9.17, 15) is 4.79 Å². The van der Waals surface area contributed by atoms with Crippen LogP contribution in [0.25, 0.3) is 6.08 Å². The first-order valence-corrected chi connectivity index (χ1v) is 10.7. The summed E-state index contributed by atoms with van der Waals surface area (Å²) in [7, 11) is 0. The molecular formula is C25H33N3O2. The molecular weight excluding hydrogens is 374 g/mol. The maximum Gasteiger partial charge on any atom is 0.258 e. The highest BCUT2D eigenvalue weighted by molar-refractivity contribution is 5.78. The highest BCUT2D eigenvalue weighted by atomic mass is 16.5. The van der Waals surface area contributed by atoms with E-state index in [0.717, 1.165) is 60.6 Å². The molecule has 0 bridgehead atoms. The van der Waals surface area contributed by atoms with E-state index in [-0.39, 0.29) is 18.6 Å². The predicted molar refractivity (Wildman–Crippen MR) is 124 cm³/mol. The Bertz CT molecular complexity index is 885. The predicted octanol–water partition coefficient (Wildman–Crippen LogP) is 3.87. The van der Waals surface area contributed by atoms with Gasteiger partial charge in [0.05, 0.1) is 0 Å². The fourth-order valence-corrected chi connectivity index (χ4v) is 3.79. The normalized spacial score (nSPS) is 15.4. The van der Waals surface area contributed by atoms with Crippen molar-refractivity contribution in [3.8, 4) is 5.75 Å². The molecule has 5 nitrogen and oxygen atoms in total. The Morgan fingerprint density at radius 3 is 2.57 bits per heavy atom. The van der Waals surface area contributed by atoms with Crippen LogP contribution in [0.1, 0.15) is 35.1 Å². The third-order valence-electron chi connectivity index (χ3n) is 5.89. The van der Waals surface area contributed by atoms with Gasteiger partial charge in [0.1, 0.15) is 5.75 Å². The minimum atomic E-state index is -0.0658. The lowest BCUT2D eigenvalue weighted by molar-refractivity contribution is -0.124. The van der Waals surface area contributed by atoms with Crippen LogP contribution < -0.4 is 15.8 Å². The molecule has 2 aromatic rings. The third kappa shape index (κ3) is 5.86. The Balaban J connectivity index is 1.40. The number of piperidine rings is 1. The number of carbonyl (C=O) groups excluding carboxylic acids is 1. The van der Waals surface area contributed by atoms with Gasteiger partial charge in [-0.15, -0.1) is 0 Å². The second-order valence-electron chi connectivity index (χ2n) is 8.10. The molecule has 1 heterocycles. The van der Waals surface area contributed by atoms with Crippen LogP contribution in [0.5, 0.6) is 5.75 Å². The number of nitrogens with two attached hydrogens (primary N) is 1. The lowest BCUT2D eigenvalue weighted by Gasteiger charge is -2.31. The van der Waals surface area contributed by atoms with Gasteiger partial charge in [0.15, 0.2) is 6.61 Å². The number of nitrogens with zero attached hydrogens (tertiary/aromatic N) is 1. The van der Waals surface area contributed by atoms with Crippen molar-refractivity contribution in [1.82, 2.24) is 10.2 Å². The zero-order valence-corrected chi connectivity index (χ0v) is 18.3. The molecule has 30 heavy (non-hydrogen) atoms. The van der Waals surface area contributed by atoms with Crippen molar-refractivity contribution >= 4 is 17.7 Å². The molecule has 1 fully saturated rings. The second-order valence-corrected chi connectivity index (χ2v) is 8.10. The number of rotatable bonds is 7. The van der Waals surface area contributed by atoms with Gasteiger partial charge in [-0.3, -0.25) is 9.69 Å². The first-order valence-electron chi connectivity index (χ1n) is 10.7. The van der Waals surface area contributed by atoms with Crippen molar-refractivity contribution in [2.24, 2.45) is 0 Å². The lowest BCUT2D eigenvalue weighted by Crippen LogP contribution is -2.45. The van der Waals surface area contributed by atoms with Crippen molar-refractivity contribution in [3.63, 3.8) is 0 Å². The van der Waals surface area contributed by atoms with E-state index < -0.39 is 0 Å². The molecule has 0 saturated carbocycles. The smallest absolute Gasteiger partial charge is 0.258 e. The van der Waals surface area contributed by atoms with E-state index in [1.807, 2.05) is 32.9 Å². The summed E-state index contributed by atoms with van der Waals surface area (Å²) in [6, 6.07) is 12.5. The standard InChI is InChI=1S/C25H33N3O2/c1-18-16-23(19(2)20(3)25(18)26)30-17-24(29)27-22-11-14-28(15-12-22)13-7-10-21-8-5-4-6-9-21/h4-10,16,22H,11-15,17,26H2,1-3H3,(H,27,29)/b10-7+. The summed E-state index contributed by atoms with van der Waals surface area (Å²) in [6.45, 7) is 8.85. The number of benzene rings is 2. The van der Waals surface area contributed by atoms with Crippen LogP contribution in [-0.4, -0.2) is 43.1 Å². The van der Waals surface area contributed by atoms with Gasteiger partial charge in [-0.05, 0) is 61.9 Å². The van der Waals surface area contributed by atoms with E-state index in [2.05, 4.69) is 46.6 Å². The molecule has 1 saturated heterocycles. The molecule has 0 aromatic heterocycles. The zero-order chi connectivity index (χ0) is 21.5. The van der Waals surface area contributed by atoms with E-state index in [1.165, 1.54) is 5.56 Å². The van der Waals surface area contributed by atoms with Crippen LogP contribution >= 0.6 is 0 Å². The number of aryl methyl sites for hydroxylation is 1. The average Bonchev–Trinajstić information content (AvgIpc) is 2.76. The van der Waals surface area contributed by atoms with Crippen LogP contribution in [0.4, 0.5) is 5.69 Å². The average molecular weight is 408 g/mol. The van der Waals surface area contributed by atoms with Crippen molar-refractivity contribution in [2.45, 2.75) is 39.7 Å². The van der Waals surface area contributed by atoms with Gasteiger partial charge in [0.2, 0.25) is 0 Å². The van der Waals surface area contributed by atoms with Crippen LogP contribution in [0.2, 0.25) is 0 Å². The van der Waals surface area contributed by atoms with E-state index in [4.69, 9.17) is 10.5 Å². The maximum atomic E-state index is 12.4. The summed E-state index contributed by atoms with van der Waals surface area (Å²) >= 11 is 0. The maximum absolute atomic E-state index is 12.4. The van der Waals surface area contributed by atoms with Crippen molar-refractivity contribution in [1.29, 1.82) is 0 Å². The van der Waals surface area contributed by atoms with Crippen LogP contribution in [-0.2, 0) is 4.79 Å². The first kappa shape index (κ1) is 21.9. The third-order valence-corrected chi connectivity index (χ3v) is 5.89. The van der Waals surface area contributed by atoms with Crippen molar-refractivity contribution in [3.05, 3.63) is 64.7 Å². The number of carbonyl (C=O) groups is 1. The molecule has 1 aliphatic heterocycles. The highest BCUT2D eigenvalue weighted by Gasteiger charge is 2.20. The van der Waals surface area contributed by atoms with Gasteiger partial charge in [-0.25, -0.2) is 0 Å². The van der Waals surface area contributed by atoms with Crippen LogP contribution in [0.15, 0.2) is 42.5 Å². The molecule has 1 amide bonds. The number of anilines is 1. The Morgan fingerprint density at radius 2 is 1.87 bits per heavy atom. The number of ether oxygens (including phenoxy) is 1. The van der Waals surface area contributed by atoms with Crippen LogP contribution in [0.3, 0.4) is 0 Å². The molecule has 0 radical (unpaired) electrons. The summed E-state index contributed by atoms with van der Waals surface area (Å²) in [5, 5.41) is 3.12.